The summed E-state index contributed by atoms with van der Waals surface area (Å²) in [5, 5.41) is 0. The first-order valence-corrected chi connectivity index (χ1v) is 7.60. The highest BCUT2D eigenvalue weighted by molar-refractivity contribution is 7.97. The summed E-state index contributed by atoms with van der Waals surface area (Å²) in [5.74, 6) is -9.65. The second-order valence-electron chi connectivity index (χ2n) is 5.14. The number of hydrogen-bond acceptors (Lipinski definition) is 2. The van der Waals surface area contributed by atoms with E-state index in [4.69, 9.17) is 0 Å². The zero-order valence-corrected chi connectivity index (χ0v) is 13.2. The lowest BCUT2D eigenvalue weighted by Crippen LogP contribution is -2.24. The quantitative estimate of drug-likeness (QED) is 0.312. The molecule has 23 heavy (non-hydrogen) atoms. The first kappa shape index (κ1) is 17.7. The van der Waals surface area contributed by atoms with Crippen molar-refractivity contribution in [3.8, 4) is 0 Å². The Morgan fingerprint density at radius 1 is 0.826 bits per heavy atom. The number of rotatable bonds is 5. The molecule has 0 unspecified atom stereocenters. The standard InChI is InChI=1S/C16H14F5NS/c1-9(2)22(8-10-6-4-3-5-7-10)23-16-14(20)12(18)11(17)13(19)15(16)21/h3-7,9H,8H2,1-2H3. The van der Waals surface area contributed by atoms with Gasteiger partial charge in [0.15, 0.2) is 23.3 Å². The summed E-state index contributed by atoms with van der Waals surface area (Å²) in [4.78, 5) is -0.897. The fourth-order valence-electron chi connectivity index (χ4n) is 1.87. The summed E-state index contributed by atoms with van der Waals surface area (Å²) in [6.07, 6.45) is 0. The van der Waals surface area contributed by atoms with Gasteiger partial charge in [-0.2, -0.15) is 0 Å². The molecule has 0 saturated heterocycles. The van der Waals surface area contributed by atoms with Gasteiger partial charge in [0.25, 0.3) is 0 Å². The Morgan fingerprint density at radius 3 is 1.78 bits per heavy atom. The number of nitrogens with zero attached hydrogens (tertiary/aromatic N) is 1. The van der Waals surface area contributed by atoms with Crippen molar-refractivity contribution < 1.29 is 22.0 Å². The molecule has 124 valence electrons. The molecule has 0 saturated carbocycles. The van der Waals surface area contributed by atoms with E-state index in [2.05, 4.69) is 0 Å². The summed E-state index contributed by atoms with van der Waals surface area (Å²) in [7, 11) is 0. The van der Waals surface area contributed by atoms with Crippen molar-refractivity contribution in [2.24, 2.45) is 0 Å². The molecule has 0 spiro atoms. The van der Waals surface area contributed by atoms with Crippen LogP contribution in [0.3, 0.4) is 0 Å². The predicted molar refractivity (Wildman–Crippen MR) is 79.2 cm³/mol. The highest BCUT2D eigenvalue weighted by Gasteiger charge is 2.28. The largest absolute Gasteiger partial charge is 0.239 e. The van der Waals surface area contributed by atoms with Crippen molar-refractivity contribution in [1.29, 1.82) is 0 Å². The average Bonchev–Trinajstić information content (AvgIpc) is 2.54. The van der Waals surface area contributed by atoms with Crippen LogP contribution in [0.1, 0.15) is 19.4 Å². The lowest BCUT2D eigenvalue weighted by molar-refractivity contribution is 0.353. The van der Waals surface area contributed by atoms with Gasteiger partial charge >= 0.3 is 0 Å². The SMILES string of the molecule is CC(C)N(Cc1ccccc1)Sc1c(F)c(F)c(F)c(F)c1F. The van der Waals surface area contributed by atoms with Crippen molar-refractivity contribution in [2.45, 2.75) is 31.3 Å². The molecule has 1 nitrogen and oxygen atoms in total. The third-order valence-corrected chi connectivity index (χ3v) is 4.46. The summed E-state index contributed by atoms with van der Waals surface area (Å²) < 4.78 is 68.8. The minimum atomic E-state index is -2.15. The smallest absolute Gasteiger partial charge is 0.200 e. The molecule has 0 aliphatic rings. The van der Waals surface area contributed by atoms with Gasteiger partial charge in [-0.05, 0) is 31.4 Å². The van der Waals surface area contributed by atoms with E-state index in [-0.39, 0.29) is 6.04 Å². The van der Waals surface area contributed by atoms with Crippen LogP contribution in [0.15, 0.2) is 35.2 Å². The van der Waals surface area contributed by atoms with E-state index < -0.39 is 34.0 Å². The molecular formula is C16H14F5NS. The molecule has 0 aromatic heterocycles. The second kappa shape index (κ2) is 7.31. The normalized spacial score (nSPS) is 11.5. The van der Waals surface area contributed by atoms with Crippen molar-refractivity contribution in [3.63, 3.8) is 0 Å². The van der Waals surface area contributed by atoms with Gasteiger partial charge in [-0.3, -0.25) is 0 Å². The molecule has 2 aromatic carbocycles. The maximum absolute atomic E-state index is 13.8. The van der Waals surface area contributed by atoms with Crippen LogP contribution in [-0.2, 0) is 6.54 Å². The van der Waals surface area contributed by atoms with Gasteiger partial charge in [0.2, 0.25) is 5.82 Å². The van der Waals surface area contributed by atoms with Gasteiger partial charge in [-0.15, -0.1) is 0 Å². The minimum Gasteiger partial charge on any atom is -0.239 e. The summed E-state index contributed by atoms with van der Waals surface area (Å²) in [5.41, 5.74) is 0.859. The Balaban J connectivity index is 2.34. The van der Waals surface area contributed by atoms with E-state index in [0.717, 1.165) is 5.56 Å². The van der Waals surface area contributed by atoms with Crippen molar-refractivity contribution in [2.75, 3.05) is 0 Å². The minimum absolute atomic E-state index is 0.185. The van der Waals surface area contributed by atoms with Crippen LogP contribution in [-0.4, -0.2) is 10.3 Å². The monoisotopic (exact) mass is 347 g/mol. The molecule has 2 aromatic rings. The third kappa shape index (κ3) is 3.84. The Morgan fingerprint density at radius 2 is 1.30 bits per heavy atom. The first-order chi connectivity index (χ1) is 10.8. The van der Waals surface area contributed by atoms with Gasteiger partial charge < -0.3 is 0 Å². The van der Waals surface area contributed by atoms with E-state index >= 15 is 0 Å². The van der Waals surface area contributed by atoms with Crippen LogP contribution >= 0.6 is 11.9 Å². The van der Waals surface area contributed by atoms with Crippen molar-refractivity contribution >= 4 is 11.9 Å². The van der Waals surface area contributed by atoms with Gasteiger partial charge in [0, 0.05) is 12.6 Å². The zero-order chi connectivity index (χ0) is 17.1. The molecule has 2 rings (SSSR count). The van der Waals surface area contributed by atoms with Crippen LogP contribution in [0.5, 0.6) is 0 Å². The highest BCUT2D eigenvalue weighted by atomic mass is 32.2. The fraction of sp³-hybridized carbons (Fsp3) is 0.250. The predicted octanol–water partition coefficient (Wildman–Crippen LogP) is 5.30. The summed E-state index contributed by atoms with van der Waals surface area (Å²) >= 11 is 0.519. The number of halogens is 5. The summed E-state index contributed by atoms with van der Waals surface area (Å²) in [6, 6.07) is 8.87. The Bertz CT molecular complexity index is 662. The average molecular weight is 347 g/mol. The molecule has 7 heteroatoms. The van der Waals surface area contributed by atoms with E-state index in [0.29, 0.717) is 18.5 Å². The van der Waals surface area contributed by atoms with E-state index in [1.165, 1.54) is 0 Å². The van der Waals surface area contributed by atoms with Crippen LogP contribution in [0, 0.1) is 29.1 Å². The zero-order valence-electron chi connectivity index (χ0n) is 12.4. The molecule has 0 aliphatic carbocycles. The van der Waals surface area contributed by atoms with Gasteiger partial charge in [-0.1, -0.05) is 30.3 Å². The Labute approximate surface area is 135 Å². The molecule has 0 radical (unpaired) electrons. The molecule has 0 heterocycles. The number of hydrogen-bond donors (Lipinski definition) is 0. The molecule has 0 N–H and O–H groups in total. The Kier molecular flexibility index (Phi) is 5.64. The van der Waals surface area contributed by atoms with E-state index in [1.807, 2.05) is 18.2 Å². The maximum Gasteiger partial charge on any atom is 0.200 e. The molecule has 0 aliphatic heterocycles. The molecule has 0 fully saturated rings. The fourth-order valence-corrected chi connectivity index (χ4v) is 2.86. The lowest BCUT2D eigenvalue weighted by atomic mass is 10.2. The summed E-state index contributed by atoms with van der Waals surface area (Å²) in [6.45, 7) is 3.83. The van der Waals surface area contributed by atoms with Crippen LogP contribution in [0.2, 0.25) is 0 Å². The van der Waals surface area contributed by atoms with E-state index in [9.17, 15) is 22.0 Å². The molecule has 0 amide bonds. The Hall–Kier alpha value is -1.60. The third-order valence-electron chi connectivity index (χ3n) is 3.14. The van der Waals surface area contributed by atoms with Crippen LogP contribution in [0.4, 0.5) is 22.0 Å². The van der Waals surface area contributed by atoms with Gasteiger partial charge in [0.05, 0.1) is 0 Å². The molecule has 0 bridgehead atoms. The van der Waals surface area contributed by atoms with Gasteiger partial charge in [0.1, 0.15) is 4.90 Å². The number of benzene rings is 2. The topological polar surface area (TPSA) is 3.24 Å². The van der Waals surface area contributed by atoms with Crippen molar-refractivity contribution in [3.05, 3.63) is 65.0 Å². The first-order valence-electron chi connectivity index (χ1n) is 6.82. The van der Waals surface area contributed by atoms with Crippen molar-refractivity contribution in [1.82, 2.24) is 4.31 Å². The second-order valence-corrected chi connectivity index (χ2v) is 6.20. The highest BCUT2D eigenvalue weighted by Crippen LogP contribution is 2.34. The lowest BCUT2D eigenvalue weighted by Gasteiger charge is -2.25. The maximum atomic E-state index is 13.8. The van der Waals surface area contributed by atoms with E-state index in [1.54, 1.807) is 30.3 Å². The van der Waals surface area contributed by atoms with Crippen LogP contribution < -0.4 is 0 Å². The van der Waals surface area contributed by atoms with Gasteiger partial charge in [-0.25, -0.2) is 26.3 Å². The van der Waals surface area contributed by atoms with Crippen LogP contribution in [0.25, 0.3) is 0 Å². The molecular weight excluding hydrogens is 333 g/mol. The molecule has 0 atom stereocenters.